The molecular formula is C62H38N4OS. The Balaban J connectivity index is 0.877. The van der Waals surface area contributed by atoms with Crippen LogP contribution in [0.1, 0.15) is 0 Å². The Bertz CT molecular complexity index is 3790. The molecule has 0 amide bonds. The first-order chi connectivity index (χ1) is 33.7. The molecule has 0 atom stereocenters. The van der Waals surface area contributed by atoms with Crippen LogP contribution in [-0.4, -0.2) is 19.9 Å². The molecule has 0 saturated carbocycles. The van der Waals surface area contributed by atoms with Gasteiger partial charge in [0, 0.05) is 43.1 Å². The summed E-state index contributed by atoms with van der Waals surface area (Å²) in [6, 6.07) is 80.6. The van der Waals surface area contributed by atoms with Gasteiger partial charge in [0.2, 0.25) is 5.71 Å². The number of fused-ring (bicyclic) bond motifs is 6. The fourth-order valence-corrected chi connectivity index (χ4v) is 10.5. The van der Waals surface area contributed by atoms with Gasteiger partial charge in [-0.2, -0.15) is 4.98 Å². The molecule has 5 nitrogen and oxygen atoms in total. The second-order valence-corrected chi connectivity index (χ2v) is 18.0. The first-order valence-electron chi connectivity index (χ1n) is 22.7. The quantitative estimate of drug-likeness (QED) is 0.152. The Labute approximate surface area is 396 Å². The molecule has 0 N–H and O–H groups in total. The monoisotopic (exact) mass is 886 g/mol. The lowest BCUT2D eigenvalue weighted by Gasteiger charge is -2.11. The molecular weight excluding hydrogens is 849 g/mol. The largest absolute Gasteiger partial charge is 0.438 e. The first kappa shape index (κ1) is 39.5. The molecule has 4 aromatic heterocycles. The van der Waals surface area contributed by atoms with Crippen LogP contribution in [-0.2, 0) is 0 Å². The van der Waals surface area contributed by atoms with Crippen molar-refractivity contribution in [1.29, 1.82) is 0 Å². The average Bonchev–Trinajstić information content (AvgIpc) is 4.00. The predicted octanol–water partition coefficient (Wildman–Crippen LogP) is 16.9. The molecule has 0 fully saturated rings. The third kappa shape index (κ3) is 7.12. The summed E-state index contributed by atoms with van der Waals surface area (Å²) in [5, 5.41) is 4.15. The molecule has 0 aliphatic rings. The van der Waals surface area contributed by atoms with E-state index in [0.29, 0.717) is 17.4 Å². The zero-order valence-electron chi connectivity index (χ0n) is 36.5. The second-order valence-electron chi connectivity index (χ2n) is 17.0. The van der Waals surface area contributed by atoms with Crippen molar-refractivity contribution in [1.82, 2.24) is 19.9 Å². The number of thiophene rings is 1. The number of aromatic nitrogens is 4. The molecule has 68 heavy (non-hydrogen) atoms. The molecule has 0 aliphatic heterocycles. The van der Waals surface area contributed by atoms with E-state index in [9.17, 15) is 0 Å². The number of hydrogen-bond acceptors (Lipinski definition) is 6. The minimum atomic E-state index is 0.562. The van der Waals surface area contributed by atoms with Crippen molar-refractivity contribution >= 4 is 53.7 Å². The van der Waals surface area contributed by atoms with Gasteiger partial charge in [0.05, 0.1) is 16.8 Å². The van der Waals surface area contributed by atoms with E-state index in [1.165, 1.54) is 15.6 Å². The highest BCUT2D eigenvalue weighted by atomic mass is 32.1. The van der Waals surface area contributed by atoms with Crippen LogP contribution < -0.4 is 0 Å². The summed E-state index contributed by atoms with van der Waals surface area (Å²) in [5.74, 6) is 1.30. The van der Waals surface area contributed by atoms with Crippen molar-refractivity contribution in [3.8, 4) is 89.8 Å². The maximum atomic E-state index is 6.44. The average molecular weight is 887 g/mol. The molecule has 0 unspecified atom stereocenters. The third-order valence-corrected chi connectivity index (χ3v) is 13.8. The second kappa shape index (κ2) is 16.5. The highest BCUT2D eigenvalue weighted by Crippen LogP contribution is 2.42. The third-order valence-electron chi connectivity index (χ3n) is 12.7. The highest BCUT2D eigenvalue weighted by molar-refractivity contribution is 7.25. The lowest BCUT2D eigenvalue weighted by molar-refractivity contribution is 0.653. The Hall–Kier alpha value is -8.84. The van der Waals surface area contributed by atoms with E-state index < -0.39 is 0 Å². The minimum Gasteiger partial charge on any atom is -0.438 e. The van der Waals surface area contributed by atoms with E-state index in [2.05, 4.69) is 206 Å². The van der Waals surface area contributed by atoms with Gasteiger partial charge in [-0.05, 0) is 87.0 Å². The molecule has 9 aromatic carbocycles. The van der Waals surface area contributed by atoms with Gasteiger partial charge in [-0.25, -0.2) is 15.0 Å². The molecule has 0 saturated heterocycles. The molecule has 13 aromatic rings. The highest BCUT2D eigenvalue weighted by Gasteiger charge is 2.20. The number of nitrogens with zero attached hydrogens (tertiary/aromatic N) is 4. The summed E-state index contributed by atoms with van der Waals surface area (Å²) in [6.45, 7) is 0. The van der Waals surface area contributed by atoms with Crippen LogP contribution in [0.3, 0.4) is 0 Å². The van der Waals surface area contributed by atoms with Crippen molar-refractivity contribution in [2.75, 3.05) is 0 Å². The lowest BCUT2D eigenvalue weighted by Crippen LogP contribution is -1.95. The Morgan fingerprint density at radius 3 is 1.26 bits per heavy atom. The van der Waals surface area contributed by atoms with Crippen LogP contribution in [0.15, 0.2) is 235 Å². The molecule has 6 heteroatoms. The summed E-state index contributed by atoms with van der Waals surface area (Å²) in [6.07, 6.45) is 0. The van der Waals surface area contributed by atoms with E-state index in [-0.39, 0.29) is 0 Å². The van der Waals surface area contributed by atoms with Crippen LogP contribution in [0, 0.1) is 0 Å². The van der Waals surface area contributed by atoms with Crippen molar-refractivity contribution in [3.05, 3.63) is 231 Å². The van der Waals surface area contributed by atoms with Crippen molar-refractivity contribution in [3.63, 3.8) is 0 Å². The minimum absolute atomic E-state index is 0.562. The van der Waals surface area contributed by atoms with Crippen molar-refractivity contribution < 1.29 is 4.42 Å². The number of benzene rings is 9. The molecule has 0 spiro atoms. The summed E-state index contributed by atoms with van der Waals surface area (Å²) in [4.78, 5) is 22.0. The lowest BCUT2D eigenvalue weighted by atomic mass is 9.96. The van der Waals surface area contributed by atoms with Gasteiger partial charge in [-0.15, -0.1) is 11.3 Å². The van der Waals surface area contributed by atoms with Crippen molar-refractivity contribution in [2.45, 2.75) is 0 Å². The van der Waals surface area contributed by atoms with Gasteiger partial charge < -0.3 is 4.42 Å². The van der Waals surface area contributed by atoms with Crippen LogP contribution in [0.2, 0.25) is 0 Å². The fourth-order valence-electron chi connectivity index (χ4n) is 9.43. The number of para-hydroxylation sites is 1. The normalized spacial score (nSPS) is 11.5. The molecule has 318 valence electrons. The van der Waals surface area contributed by atoms with Crippen LogP contribution >= 0.6 is 11.3 Å². The van der Waals surface area contributed by atoms with Crippen LogP contribution in [0.25, 0.3) is 132 Å². The maximum absolute atomic E-state index is 6.44. The predicted molar refractivity (Wildman–Crippen MR) is 281 cm³/mol. The standard InChI is InChI=1S/C62H38N4OS/c1-3-16-39(17-4-1)41-20-12-26-47(35-41)57-55-51-30-7-9-32-53(51)67-61(55)65-59(63-57)49-28-14-24-45(37-49)43-22-11-23-44(34-43)46-25-15-29-50(38-46)60-64-58(56-52-31-8-10-33-54(52)68-62(56)66-60)48-27-13-21-42(36-48)40-18-5-2-6-19-40/h1-38H. The SMILES string of the molecule is c1ccc(-c2cccc(-c3nc(-c4cccc(-c5cccc(-c6cccc(-c7nc(-c8cccc(-c9ccccc9)c8)c8c(n7)sc7ccccc78)c6)c5)c4)nc4oc5ccccc5c34)c2)cc1. The Morgan fingerprint density at radius 1 is 0.294 bits per heavy atom. The van der Waals surface area contributed by atoms with Crippen molar-refractivity contribution in [2.24, 2.45) is 0 Å². The number of rotatable bonds is 8. The van der Waals surface area contributed by atoms with E-state index in [1.54, 1.807) is 11.3 Å². The maximum Gasteiger partial charge on any atom is 0.231 e. The summed E-state index contributed by atoms with van der Waals surface area (Å²) in [5.41, 5.74) is 15.9. The first-order valence-corrected chi connectivity index (χ1v) is 23.5. The smallest absolute Gasteiger partial charge is 0.231 e. The molecule has 4 heterocycles. The fraction of sp³-hybridized carbons (Fsp3) is 0. The zero-order chi connectivity index (χ0) is 45.0. The molecule has 0 radical (unpaired) electrons. The van der Waals surface area contributed by atoms with E-state index in [1.807, 2.05) is 24.3 Å². The van der Waals surface area contributed by atoms with E-state index in [4.69, 9.17) is 24.4 Å². The van der Waals surface area contributed by atoms with E-state index >= 15 is 0 Å². The number of furan rings is 1. The Kier molecular flexibility index (Phi) is 9.62. The Morgan fingerprint density at radius 2 is 0.691 bits per heavy atom. The van der Waals surface area contributed by atoms with Gasteiger partial charge in [0.25, 0.3) is 0 Å². The van der Waals surface area contributed by atoms with Gasteiger partial charge in [0.1, 0.15) is 10.4 Å². The van der Waals surface area contributed by atoms with Gasteiger partial charge in [0.15, 0.2) is 11.6 Å². The molecule has 0 bridgehead atoms. The molecule has 0 aliphatic carbocycles. The van der Waals surface area contributed by atoms with Gasteiger partial charge in [-0.3, -0.25) is 0 Å². The van der Waals surface area contributed by atoms with E-state index in [0.717, 1.165) is 99.2 Å². The summed E-state index contributed by atoms with van der Waals surface area (Å²) in [7, 11) is 0. The zero-order valence-corrected chi connectivity index (χ0v) is 37.4. The van der Waals surface area contributed by atoms with Crippen LogP contribution in [0.4, 0.5) is 0 Å². The van der Waals surface area contributed by atoms with Gasteiger partial charge >= 0.3 is 0 Å². The number of hydrogen-bond donors (Lipinski definition) is 0. The van der Waals surface area contributed by atoms with Gasteiger partial charge in [-0.1, -0.05) is 188 Å². The van der Waals surface area contributed by atoms with Crippen LogP contribution in [0.5, 0.6) is 0 Å². The molecule has 13 rings (SSSR count). The summed E-state index contributed by atoms with van der Waals surface area (Å²) < 4.78 is 7.63. The summed E-state index contributed by atoms with van der Waals surface area (Å²) >= 11 is 1.71. The topological polar surface area (TPSA) is 64.7 Å².